The van der Waals surface area contributed by atoms with Gasteiger partial charge in [0, 0.05) is 17.2 Å². The second kappa shape index (κ2) is 7.36. The van der Waals surface area contributed by atoms with Crippen LogP contribution in [0.5, 0.6) is 5.75 Å². The Balaban J connectivity index is 2.20. The molecule has 0 radical (unpaired) electrons. The first-order valence-electron chi connectivity index (χ1n) is 8.19. The molecule has 8 nitrogen and oxygen atoms in total. The molecular weight excluding hydrogens is 350 g/mol. The van der Waals surface area contributed by atoms with Crippen LogP contribution in [0.1, 0.15) is 21.7 Å². The van der Waals surface area contributed by atoms with Gasteiger partial charge in [-0.25, -0.2) is 9.30 Å². The van der Waals surface area contributed by atoms with Crippen molar-refractivity contribution in [2.45, 2.75) is 13.0 Å². The van der Waals surface area contributed by atoms with Crippen LogP contribution >= 0.6 is 0 Å². The summed E-state index contributed by atoms with van der Waals surface area (Å²) >= 11 is 0. The van der Waals surface area contributed by atoms with Crippen molar-refractivity contribution in [2.24, 2.45) is 5.73 Å². The highest BCUT2D eigenvalue weighted by molar-refractivity contribution is 5.95. The third-order valence-corrected chi connectivity index (χ3v) is 4.37. The number of esters is 1. The summed E-state index contributed by atoms with van der Waals surface area (Å²) in [6.45, 7) is 0.304. The number of amides is 1. The van der Waals surface area contributed by atoms with Gasteiger partial charge in [-0.15, -0.1) is 0 Å². The van der Waals surface area contributed by atoms with Crippen molar-refractivity contribution in [1.82, 2.24) is 4.57 Å². The lowest BCUT2D eigenvalue weighted by atomic mass is 10.1. The number of hydrogen-bond donors (Lipinski definition) is 1. The van der Waals surface area contributed by atoms with E-state index >= 15 is 0 Å². The van der Waals surface area contributed by atoms with E-state index in [0.29, 0.717) is 22.5 Å². The molecule has 3 rings (SSSR count). The summed E-state index contributed by atoms with van der Waals surface area (Å²) in [5, 5.41) is 12.8. The van der Waals surface area contributed by atoms with Gasteiger partial charge in [0.05, 0.1) is 14.2 Å². The van der Waals surface area contributed by atoms with Crippen LogP contribution in [0.4, 0.5) is 0 Å². The zero-order chi connectivity index (χ0) is 19.6. The molecule has 0 saturated heterocycles. The van der Waals surface area contributed by atoms with Gasteiger partial charge in [0.25, 0.3) is 5.82 Å². The van der Waals surface area contributed by atoms with Crippen LogP contribution in [0.15, 0.2) is 42.5 Å². The van der Waals surface area contributed by atoms with Crippen molar-refractivity contribution in [1.29, 1.82) is 0 Å². The molecule has 0 bridgehead atoms. The molecule has 1 amide bonds. The Morgan fingerprint density at radius 2 is 1.93 bits per heavy atom. The summed E-state index contributed by atoms with van der Waals surface area (Å²) < 4.78 is 12.4. The molecule has 140 valence electrons. The van der Waals surface area contributed by atoms with E-state index in [1.807, 2.05) is 24.3 Å². The van der Waals surface area contributed by atoms with E-state index in [1.54, 1.807) is 23.8 Å². The number of benzene rings is 2. The maximum atomic E-state index is 12.8. The maximum absolute atomic E-state index is 12.8. The normalized spacial score (nSPS) is 10.7. The molecule has 8 heteroatoms. The fourth-order valence-electron chi connectivity index (χ4n) is 3.00. The van der Waals surface area contributed by atoms with E-state index in [9.17, 15) is 14.8 Å². The topological polar surface area (TPSA) is 110 Å². The number of ether oxygens (including phenoxy) is 2. The second-order valence-electron chi connectivity index (χ2n) is 5.93. The summed E-state index contributed by atoms with van der Waals surface area (Å²) in [6.07, 6.45) is -0.213. The zero-order valence-corrected chi connectivity index (χ0v) is 15.0. The molecule has 27 heavy (non-hydrogen) atoms. The van der Waals surface area contributed by atoms with Crippen molar-refractivity contribution in [2.75, 3.05) is 14.2 Å². The highest BCUT2D eigenvalue weighted by atomic mass is 16.5. The predicted octanol–water partition coefficient (Wildman–Crippen LogP) is 1.15. The number of imidazole rings is 1. The number of primary amides is 1. The van der Waals surface area contributed by atoms with E-state index in [4.69, 9.17) is 15.2 Å². The molecule has 0 aliphatic carbocycles. The molecule has 0 saturated carbocycles. The van der Waals surface area contributed by atoms with E-state index < -0.39 is 11.9 Å². The lowest BCUT2D eigenvalue weighted by molar-refractivity contribution is -0.586. The van der Waals surface area contributed by atoms with Crippen LogP contribution in [0.2, 0.25) is 0 Å². The van der Waals surface area contributed by atoms with E-state index in [2.05, 4.69) is 0 Å². The molecule has 0 unspecified atom stereocenters. The number of rotatable bonds is 6. The number of fused-ring (bicyclic) bond motifs is 1. The number of carbonyl (C=O) groups is 2. The number of para-hydroxylation sites is 1. The van der Waals surface area contributed by atoms with Crippen molar-refractivity contribution in [3.8, 4) is 5.75 Å². The van der Waals surface area contributed by atoms with Gasteiger partial charge in [-0.1, -0.05) is 18.2 Å². The molecule has 1 aromatic heterocycles. The Kier molecular flexibility index (Phi) is 4.98. The number of hydrogen-bond acceptors (Lipinski definition) is 5. The second-order valence-corrected chi connectivity index (χ2v) is 5.93. The number of carbonyl (C=O) groups excluding carboxylic acids is 2. The molecule has 1 heterocycles. The lowest BCUT2D eigenvalue weighted by Gasteiger charge is -2.09. The summed E-state index contributed by atoms with van der Waals surface area (Å²) in [7, 11) is 2.82. The first kappa shape index (κ1) is 18.2. The van der Waals surface area contributed by atoms with Gasteiger partial charge in [-0.3, -0.25) is 9.59 Å². The average Bonchev–Trinajstić information content (AvgIpc) is 2.93. The zero-order valence-electron chi connectivity index (χ0n) is 15.0. The fraction of sp³-hybridized carbons (Fsp3) is 0.211. The van der Waals surface area contributed by atoms with Gasteiger partial charge in [-0.2, -0.15) is 0 Å². The predicted molar refractivity (Wildman–Crippen MR) is 97.2 cm³/mol. The molecule has 0 spiro atoms. The summed E-state index contributed by atoms with van der Waals surface area (Å²) in [4.78, 5) is 23.3. The van der Waals surface area contributed by atoms with Crippen molar-refractivity contribution in [3.05, 3.63) is 64.6 Å². The van der Waals surface area contributed by atoms with Gasteiger partial charge in [0.2, 0.25) is 5.91 Å². The number of nitrogens with two attached hydrogens (primary N) is 1. The van der Waals surface area contributed by atoms with E-state index in [-0.39, 0.29) is 23.3 Å². The minimum atomic E-state index is -0.635. The van der Waals surface area contributed by atoms with Crippen LogP contribution in [-0.2, 0) is 22.5 Å². The third-order valence-electron chi connectivity index (χ3n) is 4.37. The Morgan fingerprint density at radius 1 is 1.19 bits per heavy atom. The van der Waals surface area contributed by atoms with Crippen LogP contribution in [-0.4, -0.2) is 30.7 Å². The van der Waals surface area contributed by atoms with Crippen LogP contribution in [0.3, 0.4) is 0 Å². The van der Waals surface area contributed by atoms with Crippen molar-refractivity contribution < 1.29 is 23.8 Å². The Morgan fingerprint density at radius 3 is 2.59 bits per heavy atom. The van der Waals surface area contributed by atoms with Gasteiger partial charge >= 0.3 is 5.97 Å². The monoisotopic (exact) mass is 369 g/mol. The fourth-order valence-corrected chi connectivity index (χ4v) is 3.00. The van der Waals surface area contributed by atoms with E-state index in [1.165, 1.54) is 13.2 Å². The Labute approximate surface area is 155 Å². The number of nitrogens with zero attached hydrogens (tertiary/aromatic N) is 2. The van der Waals surface area contributed by atoms with Crippen LogP contribution in [0.25, 0.3) is 11.0 Å². The lowest BCUT2D eigenvalue weighted by Crippen LogP contribution is -2.33. The highest BCUT2D eigenvalue weighted by Crippen LogP contribution is 2.23. The Bertz CT molecular complexity index is 1030. The molecule has 0 aliphatic heterocycles. The Hall–Kier alpha value is -3.55. The van der Waals surface area contributed by atoms with Gasteiger partial charge in [0.15, 0.2) is 11.0 Å². The molecule has 2 aromatic carbocycles. The molecule has 0 atom stereocenters. The van der Waals surface area contributed by atoms with Gasteiger partial charge < -0.3 is 20.4 Å². The first-order valence-corrected chi connectivity index (χ1v) is 8.19. The minimum Gasteiger partial charge on any atom is -0.710 e. The molecular formula is C19H19N3O5. The maximum Gasteiger partial charge on any atom is 0.317 e. The van der Waals surface area contributed by atoms with Gasteiger partial charge in [0.1, 0.15) is 18.7 Å². The third kappa shape index (κ3) is 3.41. The van der Waals surface area contributed by atoms with Crippen LogP contribution in [0, 0.1) is 5.21 Å². The summed E-state index contributed by atoms with van der Waals surface area (Å²) in [5.41, 5.74) is 7.18. The van der Waals surface area contributed by atoms with Crippen LogP contribution < -0.4 is 15.2 Å². The van der Waals surface area contributed by atoms with E-state index in [0.717, 1.165) is 5.56 Å². The minimum absolute atomic E-state index is 0.198. The molecule has 0 aliphatic rings. The smallest absolute Gasteiger partial charge is 0.317 e. The van der Waals surface area contributed by atoms with Gasteiger partial charge in [-0.05, 0) is 18.2 Å². The molecule has 0 fully saturated rings. The first-order chi connectivity index (χ1) is 13.0. The molecule has 2 N–H and O–H groups in total. The highest BCUT2D eigenvalue weighted by Gasteiger charge is 2.26. The SMILES string of the molecule is COC(=O)Cc1n(Cc2ccccc2OC)c2ccc(C(N)=O)cc2[n+]1[O-]. The molecule has 3 aromatic rings. The quantitative estimate of drug-likeness (QED) is 0.398. The number of methoxy groups -OCH3 is 2. The average molecular weight is 369 g/mol. The largest absolute Gasteiger partial charge is 0.710 e. The summed E-state index contributed by atoms with van der Waals surface area (Å²) in [5.74, 6) is -0.318. The number of aromatic nitrogens is 2. The van der Waals surface area contributed by atoms with Crippen molar-refractivity contribution in [3.63, 3.8) is 0 Å². The van der Waals surface area contributed by atoms with Crippen molar-refractivity contribution >= 4 is 22.9 Å². The summed E-state index contributed by atoms with van der Waals surface area (Å²) in [6, 6.07) is 12.0. The standard InChI is InChI=1S/C19H19N3O5/c1-26-16-6-4-3-5-13(16)11-21-14-8-7-12(19(20)24)9-15(14)22(25)17(21)10-18(23)27-2/h3-9H,10-11H2,1-2H3,(H2,20,24).